The molecule has 7 heteroatoms. The van der Waals surface area contributed by atoms with Gasteiger partial charge in [-0.2, -0.15) is 0 Å². The number of hydrogen-bond donors (Lipinski definition) is 3. The molecular weight excluding hydrogens is 410 g/mol. The molecule has 0 atom stereocenters. The quantitative estimate of drug-likeness (QED) is 0.161. The topological polar surface area (TPSA) is 101 Å². The number of nitrogens with one attached hydrogen (secondary N) is 1. The van der Waals surface area contributed by atoms with Crippen LogP contribution in [0.25, 0.3) is 0 Å². The van der Waals surface area contributed by atoms with E-state index in [2.05, 4.69) is 11.9 Å². The van der Waals surface area contributed by atoms with Gasteiger partial charge < -0.3 is 16.2 Å². The summed E-state index contributed by atoms with van der Waals surface area (Å²) >= 11 is 5.91. The Morgan fingerprint density at radius 1 is 0.903 bits per heavy atom. The van der Waals surface area contributed by atoms with Gasteiger partial charge in [-0.15, -0.1) is 0 Å². The van der Waals surface area contributed by atoms with Crippen LogP contribution < -0.4 is 11.5 Å². The second-order valence-electron chi connectivity index (χ2n) is 7.99. The maximum absolute atomic E-state index is 7.76. The molecule has 0 fully saturated rings. The zero-order valence-electron chi connectivity index (χ0n) is 19.3. The van der Waals surface area contributed by atoms with Crippen LogP contribution in [0.5, 0.6) is 0 Å². The first-order chi connectivity index (χ1) is 15.0. The molecule has 0 radical (unpaired) electrons. The summed E-state index contributed by atoms with van der Waals surface area (Å²) in [5.41, 5.74) is 12.7. The summed E-state index contributed by atoms with van der Waals surface area (Å²) in [7, 11) is 0. The van der Waals surface area contributed by atoms with Crippen molar-refractivity contribution in [2.45, 2.75) is 84.1 Å². The fourth-order valence-electron chi connectivity index (χ4n) is 3.30. The molecule has 176 valence electrons. The van der Waals surface area contributed by atoms with Crippen molar-refractivity contribution < 1.29 is 4.74 Å². The van der Waals surface area contributed by atoms with Gasteiger partial charge in [-0.3, -0.25) is 15.3 Å². The molecule has 1 aromatic carbocycles. The largest absolute Gasteiger partial charge is 0.381 e. The molecular formula is C24H42ClN5O. The highest BCUT2D eigenvalue weighted by atomic mass is 35.5. The third kappa shape index (κ3) is 14.0. The van der Waals surface area contributed by atoms with E-state index in [1.165, 1.54) is 62.7 Å². The summed E-state index contributed by atoms with van der Waals surface area (Å²) in [6.45, 7) is 4.68. The van der Waals surface area contributed by atoms with Crippen LogP contribution in [0.1, 0.15) is 83.1 Å². The highest BCUT2D eigenvalue weighted by Gasteiger charge is 2.11. The number of nitrogens with two attached hydrogens (primary N) is 2. The molecule has 6 nitrogen and oxygen atoms in total. The molecule has 0 aliphatic carbocycles. The average Bonchev–Trinajstić information content (AvgIpc) is 2.75. The molecule has 31 heavy (non-hydrogen) atoms. The van der Waals surface area contributed by atoms with Crippen LogP contribution in [0.15, 0.2) is 29.3 Å². The van der Waals surface area contributed by atoms with Crippen LogP contribution in [0.2, 0.25) is 5.02 Å². The lowest BCUT2D eigenvalue weighted by Crippen LogP contribution is -2.45. The summed E-state index contributed by atoms with van der Waals surface area (Å²) in [4.78, 5) is 5.83. The number of hydrogen-bond acceptors (Lipinski definition) is 3. The summed E-state index contributed by atoms with van der Waals surface area (Å²) in [5, 5.41) is 8.42. The number of nitrogens with zero attached hydrogens (tertiary/aromatic N) is 2. The Balaban J connectivity index is 2.07. The highest BCUT2D eigenvalue weighted by molar-refractivity contribution is 6.30. The van der Waals surface area contributed by atoms with Crippen molar-refractivity contribution in [3.8, 4) is 0 Å². The van der Waals surface area contributed by atoms with Gasteiger partial charge in [-0.25, -0.2) is 0 Å². The van der Waals surface area contributed by atoms with Gasteiger partial charge in [0.05, 0.1) is 6.54 Å². The molecule has 0 aliphatic rings. The normalized spacial score (nSPS) is 11.6. The highest BCUT2D eigenvalue weighted by Crippen LogP contribution is 2.12. The number of aliphatic imine (C=N–C) groups is 1. The predicted molar refractivity (Wildman–Crippen MR) is 133 cm³/mol. The van der Waals surface area contributed by atoms with E-state index in [-0.39, 0.29) is 11.9 Å². The van der Waals surface area contributed by atoms with Crippen molar-refractivity contribution >= 4 is 23.5 Å². The molecule has 0 unspecified atom stereocenters. The standard InChI is InChI=1S/C24H42ClN5O/c1-2-3-4-5-6-7-8-9-10-11-18-31-19-12-17-29-24(28)30(23(26)27)20-21-13-15-22(25)16-14-21/h13-16H,2-12,17-20H2,1H3,(H3,26,27)(H2,28,29). The minimum absolute atomic E-state index is 0.131. The number of rotatable bonds is 17. The SMILES string of the molecule is CCCCCCCCCCCCOCCCN=C(N)N(Cc1ccc(Cl)cc1)C(=N)N. The fraction of sp³-hybridized carbons (Fsp3) is 0.667. The second kappa shape index (κ2) is 17.8. The van der Waals surface area contributed by atoms with Gasteiger partial charge in [-0.05, 0) is 30.5 Å². The zero-order chi connectivity index (χ0) is 22.7. The van der Waals surface area contributed by atoms with Crippen molar-refractivity contribution in [2.75, 3.05) is 19.8 Å². The van der Waals surface area contributed by atoms with Gasteiger partial charge in [0.25, 0.3) is 0 Å². The van der Waals surface area contributed by atoms with Crippen LogP contribution in [0, 0.1) is 5.41 Å². The van der Waals surface area contributed by atoms with Crippen LogP contribution >= 0.6 is 11.6 Å². The third-order valence-corrected chi connectivity index (χ3v) is 5.44. The van der Waals surface area contributed by atoms with Crippen LogP contribution in [0.4, 0.5) is 0 Å². The minimum atomic E-state index is -0.131. The number of unbranched alkanes of at least 4 members (excludes halogenated alkanes) is 9. The molecule has 0 saturated carbocycles. The number of halogens is 1. The monoisotopic (exact) mass is 451 g/mol. The maximum Gasteiger partial charge on any atom is 0.198 e. The van der Waals surface area contributed by atoms with Gasteiger partial charge in [-0.1, -0.05) is 88.4 Å². The first-order valence-electron chi connectivity index (χ1n) is 11.8. The maximum atomic E-state index is 7.76. The summed E-state index contributed by atoms with van der Waals surface area (Å²) in [6, 6.07) is 7.36. The molecule has 1 aromatic rings. The Hall–Kier alpha value is -1.79. The second-order valence-corrected chi connectivity index (χ2v) is 8.42. The first-order valence-corrected chi connectivity index (χ1v) is 12.2. The molecule has 0 spiro atoms. The minimum Gasteiger partial charge on any atom is -0.381 e. The molecule has 0 bridgehead atoms. The Kier molecular flexibility index (Phi) is 15.7. The number of ether oxygens (including phenoxy) is 1. The first kappa shape index (κ1) is 27.2. The summed E-state index contributed by atoms with van der Waals surface area (Å²) < 4.78 is 5.70. The molecule has 0 saturated heterocycles. The van der Waals surface area contributed by atoms with E-state index < -0.39 is 0 Å². The smallest absolute Gasteiger partial charge is 0.198 e. The Labute approximate surface area is 193 Å². The lowest BCUT2D eigenvalue weighted by molar-refractivity contribution is 0.129. The molecule has 1 rings (SSSR count). The van der Waals surface area contributed by atoms with Crippen molar-refractivity contribution in [3.05, 3.63) is 34.9 Å². The summed E-state index contributed by atoms with van der Waals surface area (Å²) in [6.07, 6.45) is 14.1. The van der Waals surface area contributed by atoms with Crippen molar-refractivity contribution in [3.63, 3.8) is 0 Å². The molecule has 5 N–H and O–H groups in total. The van der Waals surface area contributed by atoms with Gasteiger partial charge in [0.1, 0.15) is 0 Å². The number of benzene rings is 1. The van der Waals surface area contributed by atoms with Crippen molar-refractivity contribution in [1.82, 2.24) is 4.90 Å². The van der Waals surface area contributed by atoms with Crippen LogP contribution in [0.3, 0.4) is 0 Å². The lowest BCUT2D eigenvalue weighted by atomic mass is 10.1. The van der Waals surface area contributed by atoms with E-state index in [0.29, 0.717) is 24.7 Å². The van der Waals surface area contributed by atoms with Gasteiger partial charge in [0, 0.05) is 24.8 Å². The zero-order valence-corrected chi connectivity index (χ0v) is 20.0. The third-order valence-electron chi connectivity index (χ3n) is 5.18. The van der Waals surface area contributed by atoms with E-state index in [4.69, 9.17) is 33.2 Å². The van der Waals surface area contributed by atoms with E-state index in [9.17, 15) is 0 Å². The Morgan fingerprint density at radius 3 is 2.03 bits per heavy atom. The molecule has 0 heterocycles. The Morgan fingerprint density at radius 2 is 1.45 bits per heavy atom. The van der Waals surface area contributed by atoms with Gasteiger partial charge in [0.15, 0.2) is 11.9 Å². The van der Waals surface area contributed by atoms with Gasteiger partial charge in [0.2, 0.25) is 0 Å². The van der Waals surface area contributed by atoms with Crippen LogP contribution in [-0.2, 0) is 11.3 Å². The van der Waals surface area contributed by atoms with E-state index >= 15 is 0 Å². The predicted octanol–water partition coefficient (Wildman–Crippen LogP) is 5.68. The fourth-order valence-corrected chi connectivity index (χ4v) is 3.43. The summed E-state index contributed by atoms with van der Waals surface area (Å²) in [5.74, 6) is 0.116. The van der Waals surface area contributed by atoms with Crippen molar-refractivity contribution in [2.24, 2.45) is 16.5 Å². The average molecular weight is 452 g/mol. The van der Waals surface area contributed by atoms with E-state index in [0.717, 1.165) is 25.0 Å². The molecule has 0 aliphatic heterocycles. The lowest BCUT2D eigenvalue weighted by Gasteiger charge is -2.21. The number of guanidine groups is 2. The van der Waals surface area contributed by atoms with E-state index in [1.54, 1.807) is 12.1 Å². The molecule has 0 amide bonds. The van der Waals surface area contributed by atoms with Gasteiger partial charge >= 0.3 is 0 Å². The van der Waals surface area contributed by atoms with E-state index in [1.807, 2.05) is 12.1 Å². The Bertz CT molecular complexity index is 621. The molecule has 0 aromatic heterocycles. The van der Waals surface area contributed by atoms with Crippen molar-refractivity contribution in [1.29, 1.82) is 5.41 Å². The van der Waals surface area contributed by atoms with Crippen LogP contribution in [-0.4, -0.2) is 36.6 Å².